The minimum atomic E-state index is 0.108. The first-order chi connectivity index (χ1) is 12.2. The van der Waals surface area contributed by atoms with Gasteiger partial charge in [-0.1, -0.05) is 29.4 Å². The van der Waals surface area contributed by atoms with Crippen LogP contribution in [0.25, 0.3) is 11.4 Å². The highest BCUT2D eigenvalue weighted by Gasteiger charge is 2.28. The summed E-state index contributed by atoms with van der Waals surface area (Å²) in [6.45, 7) is 0. The summed E-state index contributed by atoms with van der Waals surface area (Å²) in [6.07, 6.45) is 2.87. The predicted octanol–water partition coefficient (Wildman–Crippen LogP) is 3.88. The van der Waals surface area contributed by atoms with Gasteiger partial charge >= 0.3 is 0 Å². The van der Waals surface area contributed by atoms with E-state index in [1.165, 1.54) is 11.1 Å². The van der Waals surface area contributed by atoms with Crippen molar-refractivity contribution in [1.29, 1.82) is 0 Å². The van der Waals surface area contributed by atoms with Gasteiger partial charge in [0.05, 0.1) is 6.04 Å². The third kappa shape index (κ3) is 3.22. The van der Waals surface area contributed by atoms with Crippen molar-refractivity contribution in [3.05, 3.63) is 58.1 Å². The number of carbonyl (C=O) groups is 1. The normalized spacial score (nSPS) is 16.0. The molecule has 1 aliphatic carbocycles. The molecule has 1 aromatic carbocycles. The number of benzene rings is 1. The molecule has 0 N–H and O–H groups in total. The third-order valence-electron chi connectivity index (χ3n) is 4.76. The number of amides is 1. The monoisotopic (exact) mass is 353 g/mol. The molecule has 2 heterocycles. The highest BCUT2D eigenvalue weighted by atomic mass is 32.1. The Kier molecular flexibility index (Phi) is 4.36. The lowest BCUT2D eigenvalue weighted by atomic mass is 10.1. The van der Waals surface area contributed by atoms with E-state index >= 15 is 0 Å². The van der Waals surface area contributed by atoms with E-state index in [2.05, 4.69) is 28.3 Å². The smallest absolute Gasteiger partial charge is 0.227 e. The summed E-state index contributed by atoms with van der Waals surface area (Å²) in [6, 6.07) is 10.5. The Balaban J connectivity index is 1.38. The lowest BCUT2D eigenvalue weighted by Gasteiger charge is -2.25. The van der Waals surface area contributed by atoms with E-state index in [4.69, 9.17) is 4.52 Å². The number of aryl methyl sites for hydroxylation is 2. The van der Waals surface area contributed by atoms with Gasteiger partial charge in [0, 0.05) is 30.8 Å². The summed E-state index contributed by atoms with van der Waals surface area (Å²) in [4.78, 5) is 18.8. The molecule has 1 unspecified atom stereocenters. The van der Waals surface area contributed by atoms with Crippen molar-refractivity contribution >= 4 is 17.2 Å². The highest BCUT2D eigenvalue weighted by Crippen LogP contribution is 2.35. The van der Waals surface area contributed by atoms with Gasteiger partial charge in [-0.15, -0.1) is 0 Å². The van der Waals surface area contributed by atoms with E-state index in [1.807, 2.05) is 34.8 Å². The van der Waals surface area contributed by atoms with Crippen molar-refractivity contribution < 1.29 is 9.32 Å². The Labute approximate surface area is 150 Å². The van der Waals surface area contributed by atoms with Crippen molar-refractivity contribution in [3.63, 3.8) is 0 Å². The predicted molar refractivity (Wildman–Crippen MR) is 96.2 cm³/mol. The number of fused-ring (bicyclic) bond motifs is 1. The van der Waals surface area contributed by atoms with Crippen molar-refractivity contribution in [2.75, 3.05) is 7.05 Å². The molecule has 2 aromatic heterocycles. The van der Waals surface area contributed by atoms with Crippen LogP contribution in [0.5, 0.6) is 0 Å². The Bertz CT molecular complexity index is 872. The second-order valence-corrected chi connectivity index (χ2v) is 7.06. The molecule has 4 rings (SSSR count). The fourth-order valence-electron chi connectivity index (χ4n) is 3.37. The van der Waals surface area contributed by atoms with Crippen LogP contribution in [0.1, 0.15) is 35.9 Å². The molecular formula is C19H19N3O2S. The van der Waals surface area contributed by atoms with Crippen LogP contribution in [-0.4, -0.2) is 28.0 Å². The molecule has 0 saturated heterocycles. The number of carbonyl (C=O) groups excluding carboxylic acids is 1. The van der Waals surface area contributed by atoms with Crippen molar-refractivity contribution in [3.8, 4) is 11.4 Å². The fraction of sp³-hybridized carbons (Fsp3) is 0.316. The van der Waals surface area contributed by atoms with Crippen LogP contribution < -0.4 is 0 Å². The number of nitrogens with zero attached hydrogens (tertiary/aromatic N) is 3. The Hall–Kier alpha value is -2.47. The first-order valence-corrected chi connectivity index (χ1v) is 9.35. The Morgan fingerprint density at radius 2 is 2.24 bits per heavy atom. The standard InChI is InChI=1S/C19H19N3O2S/c1-22(16-7-6-13-4-2-3-5-15(13)16)18(23)9-8-17-20-19(21-24-17)14-10-11-25-12-14/h2-5,10-12,16H,6-9H2,1H3. The van der Waals surface area contributed by atoms with E-state index in [-0.39, 0.29) is 11.9 Å². The van der Waals surface area contributed by atoms with E-state index in [0.29, 0.717) is 24.6 Å². The molecule has 0 radical (unpaired) electrons. The Morgan fingerprint density at radius 3 is 3.08 bits per heavy atom. The maximum Gasteiger partial charge on any atom is 0.227 e. The summed E-state index contributed by atoms with van der Waals surface area (Å²) in [5.74, 6) is 1.20. The SMILES string of the molecule is CN(C(=O)CCc1nc(-c2ccsc2)no1)C1CCc2ccccc21. The van der Waals surface area contributed by atoms with Crippen LogP contribution in [0.15, 0.2) is 45.6 Å². The number of thiophene rings is 1. The summed E-state index contributed by atoms with van der Waals surface area (Å²) >= 11 is 1.59. The second-order valence-electron chi connectivity index (χ2n) is 6.28. The molecule has 0 bridgehead atoms. The lowest BCUT2D eigenvalue weighted by Crippen LogP contribution is -2.30. The molecule has 0 aliphatic heterocycles. The van der Waals surface area contributed by atoms with Crippen molar-refractivity contribution in [2.24, 2.45) is 0 Å². The maximum atomic E-state index is 12.6. The van der Waals surface area contributed by atoms with Crippen LogP contribution in [0.3, 0.4) is 0 Å². The van der Waals surface area contributed by atoms with Gasteiger partial charge in [0.15, 0.2) is 0 Å². The minimum Gasteiger partial charge on any atom is -0.339 e. The molecule has 6 heteroatoms. The minimum absolute atomic E-state index is 0.108. The number of rotatable bonds is 5. The summed E-state index contributed by atoms with van der Waals surface area (Å²) in [5.41, 5.74) is 3.58. The molecule has 128 valence electrons. The number of hydrogen-bond acceptors (Lipinski definition) is 5. The van der Waals surface area contributed by atoms with Gasteiger partial charge in [-0.25, -0.2) is 0 Å². The molecular weight excluding hydrogens is 334 g/mol. The zero-order valence-corrected chi connectivity index (χ0v) is 14.8. The van der Waals surface area contributed by atoms with Gasteiger partial charge in [-0.2, -0.15) is 16.3 Å². The molecule has 5 nitrogen and oxygen atoms in total. The third-order valence-corrected chi connectivity index (χ3v) is 5.45. The number of hydrogen-bond donors (Lipinski definition) is 0. The summed E-state index contributed by atoms with van der Waals surface area (Å²) < 4.78 is 5.27. The molecule has 1 aliphatic rings. The van der Waals surface area contributed by atoms with Crippen LogP contribution in [0.2, 0.25) is 0 Å². The van der Waals surface area contributed by atoms with Crippen LogP contribution in [0, 0.1) is 0 Å². The highest BCUT2D eigenvalue weighted by molar-refractivity contribution is 7.08. The van der Waals surface area contributed by atoms with Gasteiger partial charge in [-0.05, 0) is 35.4 Å². The van der Waals surface area contributed by atoms with E-state index < -0.39 is 0 Å². The Morgan fingerprint density at radius 1 is 1.36 bits per heavy atom. The molecule has 0 fully saturated rings. The fourth-order valence-corrected chi connectivity index (χ4v) is 4.00. The van der Waals surface area contributed by atoms with E-state index in [1.54, 1.807) is 11.3 Å². The molecule has 3 aromatic rings. The van der Waals surface area contributed by atoms with Crippen LogP contribution >= 0.6 is 11.3 Å². The first kappa shape index (κ1) is 16.0. The lowest BCUT2D eigenvalue weighted by molar-refractivity contribution is -0.132. The summed E-state index contributed by atoms with van der Waals surface area (Å²) in [7, 11) is 1.89. The van der Waals surface area contributed by atoms with Crippen LogP contribution in [-0.2, 0) is 17.6 Å². The molecule has 0 saturated carbocycles. The second kappa shape index (κ2) is 6.80. The first-order valence-electron chi connectivity index (χ1n) is 8.41. The largest absolute Gasteiger partial charge is 0.339 e. The van der Waals surface area contributed by atoms with Gasteiger partial charge in [0.25, 0.3) is 0 Å². The van der Waals surface area contributed by atoms with Crippen molar-refractivity contribution in [2.45, 2.75) is 31.7 Å². The quantitative estimate of drug-likeness (QED) is 0.698. The zero-order valence-electron chi connectivity index (χ0n) is 14.0. The number of aromatic nitrogens is 2. The van der Waals surface area contributed by atoms with E-state index in [0.717, 1.165) is 18.4 Å². The van der Waals surface area contributed by atoms with Gasteiger partial charge < -0.3 is 9.42 Å². The maximum absolute atomic E-state index is 12.6. The average molecular weight is 353 g/mol. The molecule has 25 heavy (non-hydrogen) atoms. The zero-order chi connectivity index (χ0) is 17.2. The van der Waals surface area contributed by atoms with Gasteiger partial charge in [0.1, 0.15) is 0 Å². The summed E-state index contributed by atoms with van der Waals surface area (Å²) in [5, 5.41) is 7.94. The molecule has 0 spiro atoms. The van der Waals surface area contributed by atoms with Crippen molar-refractivity contribution in [1.82, 2.24) is 15.0 Å². The average Bonchev–Trinajstić information content (AvgIpc) is 3.38. The van der Waals surface area contributed by atoms with Gasteiger partial charge in [0.2, 0.25) is 17.6 Å². The molecule has 1 atom stereocenters. The van der Waals surface area contributed by atoms with E-state index in [9.17, 15) is 4.79 Å². The van der Waals surface area contributed by atoms with Gasteiger partial charge in [-0.3, -0.25) is 4.79 Å². The molecule has 1 amide bonds. The topological polar surface area (TPSA) is 59.2 Å². The van der Waals surface area contributed by atoms with Crippen LogP contribution in [0.4, 0.5) is 0 Å².